The molecule has 0 unspecified atom stereocenters. The van der Waals surface area contributed by atoms with Gasteiger partial charge >= 0.3 is 0 Å². The molecule has 0 radical (unpaired) electrons. The van der Waals surface area contributed by atoms with Crippen LogP contribution in [-0.2, 0) is 0 Å². The van der Waals surface area contributed by atoms with Crippen LogP contribution in [-0.4, -0.2) is 55.9 Å². The van der Waals surface area contributed by atoms with Gasteiger partial charge in [0, 0.05) is 26.1 Å². The van der Waals surface area contributed by atoms with Gasteiger partial charge in [-0.2, -0.15) is 0 Å². The highest BCUT2D eigenvalue weighted by atomic mass is 15.2. The maximum atomic E-state index is 7.19. The van der Waals surface area contributed by atoms with Gasteiger partial charge in [-0.15, -0.1) is 0 Å². The molecule has 0 amide bonds. The number of nitrogens with one attached hydrogen (secondary N) is 1. The highest BCUT2D eigenvalue weighted by Crippen LogP contribution is 2.03. The fourth-order valence-corrected chi connectivity index (χ4v) is 1.80. The first-order valence-electron chi connectivity index (χ1n) is 6.61. The maximum Gasteiger partial charge on any atom is 0.0905 e. The standard InChI is InChI=1S/C13H30N4/c1-12(2)11-17(10-9-16(3)4)8-6-5-7-13(14)15/h12H,5-11H2,1-4H3,(H3,14,15). The van der Waals surface area contributed by atoms with Crippen molar-refractivity contribution >= 4 is 5.84 Å². The summed E-state index contributed by atoms with van der Waals surface area (Å²) in [5.41, 5.74) is 5.35. The van der Waals surface area contributed by atoms with E-state index in [-0.39, 0.29) is 0 Å². The van der Waals surface area contributed by atoms with E-state index in [1.807, 2.05) is 0 Å². The molecule has 4 nitrogen and oxygen atoms in total. The fourth-order valence-electron chi connectivity index (χ4n) is 1.80. The fraction of sp³-hybridized carbons (Fsp3) is 0.923. The summed E-state index contributed by atoms with van der Waals surface area (Å²) in [6.07, 6.45) is 2.91. The predicted octanol–water partition coefficient (Wildman–Crippen LogP) is 1.61. The minimum atomic E-state index is 0.314. The molecule has 0 bridgehead atoms. The third kappa shape index (κ3) is 11.6. The van der Waals surface area contributed by atoms with Crippen molar-refractivity contribution in [3.63, 3.8) is 0 Å². The molecular formula is C13H30N4. The first-order valence-corrected chi connectivity index (χ1v) is 6.61. The molecule has 0 aromatic heterocycles. The van der Waals surface area contributed by atoms with Crippen LogP contribution < -0.4 is 5.73 Å². The normalized spacial score (nSPS) is 11.7. The van der Waals surface area contributed by atoms with Gasteiger partial charge in [-0.05, 0) is 39.4 Å². The summed E-state index contributed by atoms with van der Waals surface area (Å²) < 4.78 is 0. The molecule has 0 fully saturated rings. The van der Waals surface area contributed by atoms with Crippen LogP contribution >= 0.6 is 0 Å². The van der Waals surface area contributed by atoms with Crippen LogP contribution in [0.1, 0.15) is 33.1 Å². The second-order valence-electron chi connectivity index (χ2n) is 5.48. The molecule has 0 atom stereocenters. The Kier molecular flexibility index (Phi) is 9.09. The van der Waals surface area contributed by atoms with Crippen molar-refractivity contribution in [2.45, 2.75) is 33.1 Å². The molecule has 3 N–H and O–H groups in total. The van der Waals surface area contributed by atoms with Gasteiger partial charge in [-0.1, -0.05) is 13.8 Å². The number of hydrogen-bond donors (Lipinski definition) is 2. The molecule has 0 saturated heterocycles. The molecule has 102 valence electrons. The minimum absolute atomic E-state index is 0.314. The molecule has 0 rings (SSSR count). The van der Waals surface area contributed by atoms with Crippen LogP contribution in [0.15, 0.2) is 0 Å². The van der Waals surface area contributed by atoms with E-state index >= 15 is 0 Å². The monoisotopic (exact) mass is 242 g/mol. The van der Waals surface area contributed by atoms with E-state index in [0.717, 1.165) is 45.4 Å². The average Bonchev–Trinajstić information content (AvgIpc) is 2.19. The molecule has 4 heteroatoms. The maximum absolute atomic E-state index is 7.19. The van der Waals surface area contributed by atoms with Gasteiger partial charge in [-0.25, -0.2) is 0 Å². The Balaban J connectivity index is 3.80. The van der Waals surface area contributed by atoms with Crippen LogP contribution in [0.25, 0.3) is 0 Å². The summed E-state index contributed by atoms with van der Waals surface area (Å²) in [6, 6.07) is 0. The van der Waals surface area contributed by atoms with E-state index in [1.165, 1.54) is 0 Å². The van der Waals surface area contributed by atoms with Crippen LogP contribution in [0.3, 0.4) is 0 Å². The molecule has 0 aromatic carbocycles. The van der Waals surface area contributed by atoms with Crippen molar-refractivity contribution in [1.29, 1.82) is 5.41 Å². The Bertz CT molecular complexity index is 202. The Labute approximate surface area is 107 Å². The van der Waals surface area contributed by atoms with Crippen LogP contribution in [0.5, 0.6) is 0 Å². The van der Waals surface area contributed by atoms with Crippen molar-refractivity contribution in [3.8, 4) is 0 Å². The number of amidine groups is 1. The molecule has 0 heterocycles. The Morgan fingerprint density at radius 2 is 1.76 bits per heavy atom. The molecular weight excluding hydrogens is 212 g/mol. The van der Waals surface area contributed by atoms with Gasteiger partial charge in [0.15, 0.2) is 0 Å². The average molecular weight is 242 g/mol. The van der Waals surface area contributed by atoms with Gasteiger partial charge in [0.05, 0.1) is 5.84 Å². The number of likely N-dealkylation sites (N-methyl/N-ethyl adjacent to an activating group) is 1. The SMILES string of the molecule is CC(C)CN(CCCCC(=N)N)CCN(C)C. The zero-order chi connectivity index (χ0) is 13.3. The second kappa shape index (κ2) is 9.42. The highest BCUT2D eigenvalue weighted by molar-refractivity contribution is 5.76. The lowest BCUT2D eigenvalue weighted by Crippen LogP contribution is -2.35. The second-order valence-corrected chi connectivity index (χ2v) is 5.48. The third-order valence-electron chi connectivity index (χ3n) is 2.66. The van der Waals surface area contributed by atoms with Gasteiger partial charge in [0.2, 0.25) is 0 Å². The minimum Gasteiger partial charge on any atom is -0.388 e. The smallest absolute Gasteiger partial charge is 0.0905 e. The van der Waals surface area contributed by atoms with E-state index < -0.39 is 0 Å². The van der Waals surface area contributed by atoms with Crippen molar-refractivity contribution in [1.82, 2.24) is 9.80 Å². The summed E-state index contributed by atoms with van der Waals surface area (Å²) in [6.45, 7) is 9.05. The molecule has 0 saturated carbocycles. The largest absolute Gasteiger partial charge is 0.388 e. The van der Waals surface area contributed by atoms with Crippen LogP contribution in [0.2, 0.25) is 0 Å². The first-order chi connectivity index (χ1) is 7.91. The summed E-state index contributed by atoms with van der Waals surface area (Å²) in [5.74, 6) is 1.03. The van der Waals surface area contributed by atoms with Crippen molar-refractivity contribution in [2.24, 2.45) is 11.7 Å². The van der Waals surface area contributed by atoms with E-state index in [4.69, 9.17) is 11.1 Å². The zero-order valence-corrected chi connectivity index (χ0v) is 12.0. The number of rotatable bonds is 10. The number of hydrogen-bond acceptors (Lipinski definition) is 3. The summed E-state index contributed by atoms with van der Waals surface area (Å²) in [7, 11) is 4.23. The van der Waals surface area contributed by atoms with E-state index in [2.05, 4.69) is 37.7 Å². The summed E-state index contributed by atoms with van der Waals surface area (Å²) >= 11 is 0. The zero-order valence-electron chi connectivity index (χ0n) is 12.0. The van der Waals surface area contributed by atoms with Crippen molar-refractivity contribution in [2.75, 3.05) is 40.3 Å². The van der Waals surface area contributed by atoms with Crippen LogP contribution in [0, 0.1) is 11.3 Å². The van der Waals surface area contributed by atoms with Gasteiger partial charge in [0.25, 0.3) is 0 Å². The lowest BCUT2D eigenvalue weighted by Gasteiger charge is -2.25. The molecule has 17 heavy (non-hydrogen) atoms. The van der Waals surface area contributed by atoms with Gasteiger partial charge in [-0.3, -0.25) is 5.41 Å². The Morgan fingerprint density at radius 3 is 2.24 bits per heavy atom. The topological polar surface area (TPSA) is 56.4 Å². The Hall–Kier alpha value is -0.610. The van der Waals surface area contributed by atoms with Crippen LogP contribution in [0.4, 0.5) is 0 Å². The lowest BCUT2D eigenvalue weighted by atomic mass is 10.1. The Morgan fingerprint density at radius 1 is 1.12 bits per heavy atom. The van der Waals surface area contributed by atoms with E-state index in [9.17, 15) is 0 Å². The predicted molar refractivity (Wildman–Crippen MR) is 75.6 cm³/mol. The highest BCUT2D eigenvalue weighted by Gasteiger charge is 2.07. The quantitative estimate of drug-likeness (QED) is 0.348. The lowest BCUT2D eigenvalue weighted by molar-refractivity contribution is 0.216. The van der Waals surface area contributed by atoms with Crippen molar-refractivity contribution in [3.05, 3.63) is 0 Å². The number of nitrogens with two attached hydrogens (primary N) is 1. The van der Waals surface area contributed by atoms with E-state index in [1.54, 1.807) is 0 Å². The molecule has 0 aliphatic heterocycles. The number of unbranched alkanes of at least 4 members (excludes halogenated alkanes) is 1. The molecule has 0 spiro atoms. The molecule has 0 aromatic rings. The number of nitrogens with zero attached hydrogens (tertiary/aromatic N) is 2. The van der Waals surface area contributed by atoms with E-state index in [0.29, 0.717) is 11.8 Å². The summed E-state index contributed by atoms with van der Waals surface area (Å²) in [5, 5.41) is 7.19. The van der Waals surface area contributed by atoms with Gasteiger partial charge < -0.3 is 15.5 Å². The summed E-state index contributed by atoms with van der Waals surface area (Å²) in [4.78, 5) is 4.74. The van der Waals surface area contributed by atoms with Crippen molar-refractivity contribution < 1.29 is 0 Å². The molecule has 0 aliphatic rings. The third-order valence-corrected chi connectivity index (χ3v) is 2.66. The molecule has 0 aliphatic carbocycles. The first kappa shape index (κ1) is 16.4. The van der Waals surface area contributed by atoms with Gasteiger partial charge in [0.1, 0.15) is 0 Å².